The summed E-state index contributed by atoms with van der Waals surface area (Å²) >= 11 is 0. The van der Waals surface area contributed by atoms with Crippen molar-refractivity contribution in [2.24, 2.45) is 0 Å². The van der Waals surface area contributed by atoms with E-state index in [0.717, 1.165) is 0 Å². The minimum Gasteiger partial charge on any atom is -0.398 e. The van der Waals surface area contributed by atoms with Crippen molar-refractivity contribution in [3.8, 4) is 0 Å². The van der Waals surface area contributed by atoms with Gasteiger partial charge in [-0.25, -0.2) is 0 Å². The number of ether oxygens (including phenoxy) is 2. The van der Waals surface area contributed by atoms with Crippen LogP contribution in [0.3, 0.4) is 0 Å². The van der Waals surface area contributed by atoms with Gasteiger partial charge in [0.1, 0.15) is 11.7 Å². The highest BCUT2D eigenvalue weighted by molar-refractivity contribution is 7.66. The van der Waals surface area contributed by atoms with Crippen LogP contribution >= 0.6 is 7.14 Å². The molecule has 7 heteroatoms. The normalized spacial score (nSPS) is 29.7. The highest BCUT2D eigenvalue weighted by atomic mass is 31.2. The molecule has 2 fully saturated rings. The molecule has 98 valence electrons. The van der Waals surface area contributed by atoms with Gasteiger partial charge in [0.2, 0.25) is 7.14 Å². The molecule has 4 nitrogen and oxygen atoms in total. The Bertz CT molecular complexity index is 513. The van der Waals surface area contributed by atoms with E-state index in [1.807, 2.05) is 0 Å². The molecular formula is C11H12F2NO3P. The van der Waals surface area contributed by atoms with Gasteiger partial charge in [0, 0.05) is 5.69 Å². The van der Waals surface area contributed by atoms with E-state index in [-0.39, 0.29) is 18.9 Å². The molecule has 2 N–H and O–H groups in total. The van der Waals surface area contributed by atoms with Gasteiger partial charge in [-0.3, -0.25) is 0 Å². The first-order chi connectivity index (χ1) is 8.48. The number of hydrogen-bond donors (Lipinski definition) is 1. The maximum Gasteiger partial charge on any atom is 0.329 e. The summed E-state index contributed by atoms with van der Waals surface area (Å²) in [6.07, 6.45) is 0. The van der Waals surface area contributed by atoms with Crippen molar-refractivity contribution in [1.82, 2.24) is 0 Å². The van der Waals surface area contributed by atoms with Crippen molar-refractivity contribution in [2.45, 2.75) is 17.4 Å². The van der Waals surface area contributed by atoms with Gasteiger partial charge in [0.05, 0.1) is 18.8 Å². The summed E-state index contributed by atoms with van der Waals surface area (Å²) < 4.78 is 51.5. The highest BCUT2D eigenvalue weighted by Gasteiger charge is 2.68. The summed E-state index contributed by atoms with van der Waals surface area (Å²) in [5, 5.41) is 0. The van der Waals surface area contributed by atoms with E-state index >= 15 is 0 Å². The maximum absolute atomic E-state index is 14.5. The van der Waals surface area contributed by atoms with Crippen molar-refractivity contribution >= 4 is 12.8 Å². The Morgan fingerprint density at radius 3 is 2.17 bits per heavy atom. The molecule has 0 amide bonds. The van der Waals surface area contributed by atoms with E-state index in [1.54, 1.807) is 6.07 Å². The molecule has 0 bridgehead atoms. The first-order valence-electron chi connectivity index (χ1n) is 5.53. The van der Waals surface area contributed by atoms with Crippen LogP contribution in [0.4, 0.5) is 14.5 Å². The van der Waals surface area contributed by atoms with Crippen LogP contribution in [-0.4, -0.2) is 24.9 Å². The van der Waals surface area contributed by atoms with Gasteiger partial charge in [0.15, 0.2) is 0 Å². The number of epoxide rings is 2. The van der Waals surface area contributed by atoms with Crippen LogP contribution in [0.1, 0.15) is 5.56 Å². The van der Waals surface area contributed by atoms with Crippen LogP contribution < -0.4 is 5.73 Å². The second-order valence-corrected chi connectivity index (χ2v) is 7.55. The van der Waals surface area contributed by atoms with Crippen molar-refractivity contribution in [1.29, 1.82) is 0 Å². The van der Waals surface area contributed by atoms with Crippen LogP contribution in [0, 0.1) is 0 Å². The molecule has 2 unspecified atom stereocenters. The Morgan fingerprint density at radius 1 is 1.22 bits per heavy atom. The van der Waals surface area contributed by atoms with E-state index in [2.05, 4.69) is 0 Å². The highest BCUT2D eigenvalue weighted by Crippen LogP contribution is 2.77. The zero-order valence-electron chi connectivity index (χ0n) is 9.38. The van der Waals surface area contributed by atoms with E-state index in [4.69, 9.17) is 15.2 Å². The molecule has 18 heavy (non-hydrogen) atoms. The molecule has 0 aromatic heterocycles. The summed E-state index contributed by atoms with van der Waals surface area (Å²) in [5.41, 5.74) is 1.58. The topological polar surface area (TPSA) is 68.2 Å². The maximum atomic E-state index is 14.5. The van der Waals surface area contributed by atoms with E-state index < -0.39 is 30.1 Å². The van der Waals surface area contributed by atoms with Crippen LogP contribution in [0.25, 0.3) is 0 Å². The Hall–Kier alpha value is -0.970. The Kier molecular flexibility index (Phi) is 2.52. The number of rotatable bonds is 4. The van der Waals surface area contributed by atoms with Crippen LogP contribution in [0.5, 0.6) is 0 Å². The average molecular weight is 275 g/mol. The van der Waals surface area contributed by atoms with Gasteiger partial charge in [0.25, 0.3) is 0 Å². The quantitative estimate of drug-likeness (QED) is 0.520. The SMILES string of the molecule is Nc1ccccc1C(F)(F)P(=O)(C1CO1)C1CO1. The minimum absolute atomic E-state index is 0.0657. The molecule has 2 saturated heterocycles. The second kappa shape index (κ2) is 3.76. The molecule has 2 aliphatic heterocycles. The zero-order chi connectivity index (χ0) is 13.0. The Balaban J connectivity index is 2.08. The van der Waals surface area contributed by atoms with Gasteiger partial charge in [-0.15, -0.1) is 0 Å². The standard InChI is InChI=1S/C11H12F2NO3P/c12-11(13,7-3-1-2-4-8(7)14)18(15,9-5-16-9)10-6-17-10/h1-4,9-10H,5-6,14H2. The molecule has 2 atom stereocenters. The number of halogens is 2. The summed E-state index contributed by atoms with van der Waals surface area (Å²) in [7, 11) is -3.95. The number of para-hydroxylation sites is 1. The lowest BCUT2D eigenvalue weighted by Crippen LogP contribution is -2.22. The van der Waals surface area contributed by atoms with Gasteiger partial charge in [-0.05, 0) is 6.07 Å². The van der Waals surface area contributed by atoms with E-state index in [0.29, 0.717) is 0 Å². The first kappa shape index (κ1) is 12.1. The monoisotopic (exact) mass is 275 g/mol. The van der Waals surface area contributed by atoms with Crippen molar-refractivity contribution < 1.29 is 22.8 Å². The lowest BCUT2D eigenvalue weighted by atomic mass is 10.2. The van der Waals surface area contributed by atoms with Crippen molar-refractivity contribution in [3.05, 3.63) is 29.8 Å². The fraction of sp³-hybridized carbons (Fsp3) is 0.455. The second-order valence-electron chi connectivity index (χ2n) is 4.41. The lowest BCUT2D eigenvalue weighted by molar-refractivity contribution is 0.0844. The predicted octanol–water partition coefficient (Wildman–Crippen LogP) is 2.39. The molecule has 1 aromatic rings. The number of alkyl halides is 2. The molecule has 1 aromatic carbocycles. The number of nitrogen functional groups attached to an aromatic ring is 1. The molecule has 0 radical (unpaired) electrons. The van der Waals surface area contributed by atoms with Crippen LogP contribution in [-0.2, 0) is 19.7 Å². The molecule has 3 rings (SSSR count). The summed E-state index contributed by atoms with van der Waals surface area (Å²) in [6.45, 7) is 0.193. The molecule has 2 heterocycles. The third-order valence-corrected chi connectivity index (χ3v) is 6.64. The fourth-order valence-electron chi connectivity index (χ4n) is 2.04. The third kappa shape index (κ3) is 1.60. The summed E-state index contributed by atoms with van der Waals surface area (Å²) in [6, 6.07) is 5.58. The van der Waals surface area contributed by atoms with Gasteiger partial charge < -0.3 is 19.8 Å². The molecule has 0 saturated carbocycles. The lowest BCUT2D eigenvalue weighted by Gasteiger charge is -2.26. The largest absolute Gasteiger partial charge is 0.398 e. The Labute approximate surface area is 102 Å². The van der Waals surface area contributed by atoms with E-state index in [9.17, 15) is 13.3 Å². The molecule has 0 aliphatic carbocycles. The first-order valence-corrected chi connectivity index (χ1v) is 7.38. The molecule has 2 aliphatic rings. The predicted molar refractivity (Wildman–Crippen MR) is 61.8 cm³/mol. The number of nitrogens with two attached hydrogens (primary N) is 1. The number of hydrogen-bond acceptors (Lipinski definition) is 4. The zero-order valence-corrected chi connectivity index (χ0v) is 10.3. The number of anilines is 1. The fourth-order valence-corrected chi connectivity index (χ4v) is 4.77. The molecular weight excluding hydrogens is 263 g/mol. The summed E-state index contributed by atoms with van der Waals surface area (Å²) in [5.74, 6) is -1.81. The number of benzene rings is 1. The van der Waals surface area contributed by atoms with Crippen LogP contribution in [0.2, 0.25) is 0 Å². The van der Waals surface area contributed by atoms with Gasteiger partial charge in [-0.1, -0.05) is 18.2 Å². The van der Waals surface area contributed by atoms with Crippen LogP contribution in [0.15, 0.2) is 24.3 Å². The molecule has 0 spiro atoms. The Morgan fingerprint density at radius 2 is 1.72 bits per heavy atom. The summed E-state index contributed by atoms with van der Waals surface area (Å²) in [4.78, 5) is 0. The van der Waals surface area contributed by atoms with E-state index in [1.165, 1.54) is 18.2 Å². The smallest absolute Gasteiger partial charge is 0.329 e. The van der Waals surface area contributed by atoms with Crippen molar-refractivity contribution in [3.63, 3.8) is 0 Å². The van der Waals surface area contributed by atoms with Crippen molar-refractivity contribution in [2.75, 3.05) is 18.9 Å². The third-order valence-electron chi connectivity index (χ3n) is 3.21. The van der Waals surface area contributed by atoms with Gasteiger partial charge >= 0.3 is 5.66 Å². The van der Waals surface area contributed by atoms with Gasteiger partial charge in [-0.2, -0.15) is 8.78 Å². The minimum atomic E-state index is -3.95. The average Bonchev–Trinajstić information content (AvgIpc) is 3.18.